The lowest BCUT2D eigenvalue weighted by atomic mass is 9.82. The second-order valence-corrected chi connectivity index (χ2v) is 7.12. The fraction of sp³-hybridized carbons (Fsp3) is 1.00. The van der Waals surface area contributed by atoms with Crippen LogP contribution in [0.2, 0.25) is 0 Å². The van der Waals surface area contributed by atoms with Crippen molar-refractivity contribution < 1.29 is 14.6 Å². The smallest absolute Gasteiger partial charge is 0.170 e. The van der Waals surface area contributed by atoms with Crippen molar-refractivity contribution in [3.63, 3.8) is 0 Å². The standard InChI is InChI=1S/C16H27NO3/c18-15-5-7-16(19-9-10-20-16)11-14(15)17-8-6-12-3-1-2-4-13(12)17/h12-15,18H,1-11H2. The molecule has 4 rings (SSSR count). The SMILES string of the molecule is OC1CCC2(CC1N1CCC3CCCCC31)OCCO2. The highest BCUT2D eigenvalue weighted by atomic mass is 16.7. The van der Waals surface area contributed by atoms with Gasteiger partial charge in [-0.25, -0.2) is 0 Å². The zero-order chi connectivity index (χ0) is 13.6. The Bertz CT molecular complexity index is 356. The van der Waals surface area contributed by atoms with Gasteiger partial charge >= 0.3 is 0 Å². The first-order valence-electron chi connectivity index (χ1n) is 8.49. The molecule has 2 aliphatic carbocycles. The minimum Gasteiger partial charge on any atom is -0.391 e. The topological polar surface area (TPSA) is 41.9 Å². The summed E-state index contributed by atoms with van der Waals surface area (Å²) in [7, 11) is 0. The predicted molar refractivity (Wildman–Crippen MR) is 75.3 cm³/mol. The number of hydrogen-bond acceptors (Lipinski definition) is 4. The average Bonchev–Trinajstić information content (AvgIpc) is 3.09. The second kappa shape index (κ2) is 5.24. The molecule has 4 nitrogen and oxygen atoms in total. The Balaban J connectivity index is 1.51. The van der Waals surface area contributed by atoms with Crippen LogP contribution in [0.25, 0.3) is 0 Å². The van der Waals surface area contributed by atoms with Gasteiger partial charge in [-0.15, -0.1) is 0 Å². The van der Waals surface area contributed by atoms with E-state index < -0.39 is 0 Å². The summed E-state index contributed by atoms with van der Waals surface area (Å²) in [4.78, 5) is 2.61. The summed E-state index contributed by atoms with van der Waals surface area (Å²) in [6.45, 7) is 2.59. The van der Waals surface area contributed by atoms with Crippen molar-refractivity contribution in [1.82, 2.24) is 4.90 Å². The maximum Gasteiger partial charge on any atom is 0.170 e. The summed E-state index contributed by atoms with van der Waals surface area (Å²) in [5.74, 6) is 0.496. The van der Waals surface area contributed by atoms with E-state index in [0.29, 0.717) is 6.04 Å². The van der Waals surface area contributed by atoms with E-state index in [1.54, 1.807) is 0 Å². The lowest BCUT2D eigenvalue weighted by Gasteiger charge is -2.46. The van der Waals surface area contributed by atoms with Gasteiger partial charge in [-0.1, -0.05) is 12.8 Å². The van der Waals surface area contributed by atoms with Crippen molar-refractivity contribution in [2.45, 2.75) is 75.3 Å². The van der Waals surface area contributed by atoms with Crippen LogP contribution in [0.3, 0.4) is 0 Å². The molecule has 4 fully saturated rings. The van der Waals surface area contributed by atoms with Crippen molar-refractivity contribution in [2.75, 3.05) is 19.8 Å². The normalized spacial score (nSPS) is 44.9. The third kappa shape index (κ3) is 2.21. The molecular formula is C16H27NO3. The highest BCUT2D eigenvalue weighted by molar-refractivity contribution is 4.99. The van der Waals surface area contributed by atoms with Gasteiger partial charge in [0.2, 0.25) is 0 Å². The van der Waals surface area contributed by atoms with Crippen molar-refractivity contribution in [3.8, 4) is 0 Å². The number of rotatable bonds is 1. The summed E-state index contributed by atoms with van der Waals surface area (Å²) >= 11 is 0. The molecule has 2 aliphatic heterocycles. The largest absolute Gasteiger partial charge is 0.391 e. The number of fused-ring (bicyclic) bond motifs is 1. The zero-order valence-electron chi connectivity index (χ0n) is 12.3. The first kappa shape index (κ1) is 13.5. The summed E-state index contributed by atoms with van der Waals surface area (Å²) in [6.07, 6.45) is 9.13. The van der Waals surface area contributed by atoms with Crippen molar-refractivity contribution in [2.24, 2.45) is 5.92 Å². The maximum absolute atomic E-state index is 10.5. The van der Waals surface area contributed by atoms with Crippen LogP contribution in [0, 0.1) is 5.92 Å². The predicted octanol–water partition coefficient (Wildman–Crippen LogP) is 1.91. The molecule has 0 aromatic carbocycles. The highest BCUT2D eigenvalue weighted by Gasteiger charge is 2.49. The molecule has 1 N–H and O–H groups in total. The molecule has 4 aliphatic rings. The van der Waals surface area contributed by atoms with Crippen LogP contribution >= 0.6 is 0 Å². The summed E-state index contributed by atoms with van der Waals surface area (Å²) < 4.78 is 11.8. The van der Waals surface area contributed by atoms with Crippen LogP contribution in [0.15, 0.2) is 0 Å². The highest BCUT2D eigenvalue weighted by Crippen LogP contribution is 2.43. The Labute approximate surface area is 121 Å². The molecule has 0 radical (unpaired) electrons. The Morgan fingerprint density at radius 2 is 1.75 bits per heavy atom. The van der Waals surface area contributed by atoms with Crippen molar-refractivity contribution in [3.05, 3.63) is 0 Å². The molecule has 2 saturated carbocycles. The monoisotopic (exact) mass is 281 g/mol. The van der Waals surface area contributed by atoms with E-state index in [1.165, 1.54) is 32.1 Å². The van der Waals surface area contributed by atoms with Gasteiger partial charge in [0.15, 0.2) is 5.79 Å². The number of nitrogens with zero attached hydrogens (tertiary/aromatic N) is 1. The first-order chi connectivity index (χ1) is 9.77. The van der Waals surface area contributed by atoms with E-state index in [-0.39, 0.29) is 17.9 Å². The van der Waals surface area contributed by atoms with Gasteiger partial charge in [0.1, 0.15) is 0 Å². The van der Waals surface area contributed by atoms with Gasteiger partial charge in [0.05, 0.1) is 19.3 Å². The second-order valence-electron chi connectivity index (χ2n) is 7.12. The van der Waals surface area contributed by atoms with Crippen molar-refractivity contribution in [1.29, 1.82) is 0 Å². The Morgan fingerprint density at radius 3 is 2.60 bits per heavy atom. The molecule has 0 aromatic rings. The molecule has 0 aromatic heterocycles. The van der Waals surface area contributed by atoms with Crippen LogP contribution in [0.5, 0.6) is 0 Å². The molecule has 2 saturated heterocycles. The fourth-order valence-corrected chi connectivity index (χ4v) is 5.07. The fourth-order valence-electron chi connectivity index (χ4n) is 5.07. The van der Waals surface area contributed by atoms with E-state index >= 15 is 0 Å². The molecule has 4 atom stereocenters. The van der Waals surface area contributed by atoms with Crippen LogP contribution < -0.4 is 0 Å². The quantitative estimate of drug-likeness (QED) is 0.797. The number of likely N-dealkylation sites (tertiary alicyclic amines) is 1. The van der Waals surface area contributed by atoms with Gasteiger partial charge in [-0.3, -0.25) is 4.90 Å². The Hall–Kier alpha value is -0.160. The molecule has 0 amide bonds. The van der Waals surface area contributed by atoms with Crippen molar-refractivity contribution >= 4 is 0 Å². The Morgan fingerprint density at radius 1 is 0.950 bits per heavy atom. The van der Waals surface area contributed by atoms with E-state index in [0.717, 1.165) is 44.9 Å². The Kier molecular flexibility index (Phi) is 3.53. The van der Waals surface area contributed by atoms with Gasteiger partial charge < -0.3 is 14.6 Å². The zero-order valence-corrected chi connectivity index (χ0v) is 12.3. The van der Waals surface area contributed by atoms with E-state index in [9.17, 15) is 5.11 Å². The van der Waals surface area contributed by atoms with Crippen LogP contribution in [0.1, 0.15) is 51.4 Å². The molecule has 0 bridgehead atoms. The van der Waals surface area contributed by atoms with E-state index in [1.807, 2.05) is 0 Å². The van der Waals surface area contributed by atoms with Gasteiger partial charge in [0.25, 0.3) is 0 Å². The minimum atomic E-state index is -0.378. The summed E-state index contributed by atoms with van der Waals surface area (Å²) in [5, 5.41) is 10.5. The van der Waals surface area contributed by atoms with Crippen LogP contribution in [-0.2, 0) is 9.47 Å². The lowest BCUT2D eigenvalue weighted by Crippen LogP contribution is -2.55. The van der Waals surface area contributed by atoms with Crippen LogP contribution in [-0.4, -0.2) is 53.7 Å². The third-order valence-electron chi connectivity index (χ3n) is 6.08. The number of aliphatic hydroxyl groups is 1. The number of ether oxygens (including phenoxy) is 2. The minimum absolute atomic E-state index is 0.200. The molecule has 4 unspecified atom stereocenters. The average molecular weight is 281 g/mol. The molecule has 20 heavy (non-hydrogen) atoms. The molecule has 114 valence electrons. The first-order valence-corrected chi connectivity index (χ1v) is 8.49. The van der Waals surface area contributed by atoms with E-state index in [4.69, 9.17) is 9.47 Å². The number of aliphatic hydroxyl groups excluding tert-OH is 1. The number of hydrogen-bond donors (Lipinski definition) is 1. The summed E-state index contributed by atoms with van der Waals surface area (Å²) in [6, 6.07) is 0.954. The third-order valence-corrected chi connectivity index (χ3v) is 6.08. The van der Waals surface area contributed by atoms with Gasteiger partial charge in [0, 0.05) is 24.9 Å². The molecular weight excluding hydrogens is 254 g/mol. The van der Waals surface area contributed by atoms with Crippen LogP contribution in [0.4, 0.5) is 0 Å². The molecule has 4 heteroatoms. The maximum atomic E-state index is 10.5. The van der Waals surface area contributed by atoms with E-state index in [2.05, 4.69) is 4.90 Å². The van der Waals surface area contributed by atoms with Gasteiger partial charge in [-0.2, -0.15) is 0 Å². The lowest BCUT2D eigenvalue weighted by molar-refractivity contribution is -0.206. The molecule has 2 heterocycles. The molecule has 1 spiro atoms. The summed E-state index contributed by atoms with van der Waals surface area (Å²) in [5.41, 5.74) is 0. The van der Waals surface area contributed by atoms with Gasteiger partial charge in [-0.05, 0) is 38.1 Å².